The van der Waals surface area contributed by atoms with Crippen molar-refractivity contribution in [1.29, 1.82) is 0 Å². The van der Waals surface area contributed by atoms with E-state index in [0.717, 1.165) is 50.0 Å². The van der Waals surface area contributed by atoms with Crippen LogP contribution in [0.2, 0.25) is 0 Å². The normalized spacial score (nSPS) is 13.6. The molecular weight excluding hydrogens is 548 g/mol. The zero-order valence-corrected chi connectivity index (χ0v) is 23.6. The minimum Gasteiger partial charge on any atom is -0.496 e. The van der Waals surface area contributed by atoms with Crippen LogP contribution in [0.4, 0.5) is 8.78 Å². The maximum atomic E-state index is 13.6. The number of aliphatic carboxylic acids is 2. The molecule has 0 aliphatic carbocycles. The van der Waals surface area contributed by atoms with E-state index in [1.807, 2.05) is 24.3 Å². The smallest absolute Gasteiger partial charge is 0.414 e. The van der Waals surface area contributed by atoms with Gasteiger partial charge in [-0.2, -0.15) is 0 Å². The van der Waals surface area contributed by atoms with Crippen LogP contribution in [0.1, 0.15) is 53.6 Å². The quantitative estimate of drug-likeness (QED) is 0.179. The molecule has 4 rings (SSSR count). The first kappa shape index (κ1) is 32.2. The summed E-state index contributed by atoms with van der Waals surface area (Å²) in [5, 5.41) is 14.8. The van der Waals surface area contributed by atoms with Gasteiger partial charge in [0.05, 0.1) is 19.3 Å². The maximum Gasteiger partial charge on any atom is 0.414 e. The van der Waals surface area contributed by atoms with Crippen LogP contribution in [0.5, 0.6) is 11.5 Å². The Morgan fingerprint density at radius 3 is 1.86 bits per heavy atom. The molecule has 2 N–H and O–H groups in total. The lowest BCUT2D eigenvalue weighted by atomic mass is 9.76. The van der Waals surface area contributed by atoms with E-state index in [4.69, 9.17) is 29.3 Å². The summed E-state index contributed by atoms with van der Waals surface area (Å²) in [6.45, 7) is 4.99. The zero-order chi connectivity index (χ0) is 30.6. The number of nitrogens with zero attached hydrogens (tertiary/aromatic N) is 1. The van der Waals surface area contributed by atoms with Gasteiger partial charge < -0.3 is 24.6 Å². The molecule has 1 aliphatic rings. The van der Waals surface area contributed by atoms with E-state index in [-0.39, 0.29) is 23.3 Å². The Labute approximate surface area is 243 Å². The summed E-state index contributed by atoms with van der Waals surface area (Å²) in [6, 6.07) is 18.7. The highest BCUT2D eigenvalue weighted by molar-refractivity contribution is 6.27. The zero-order valence-electron chi connectivity index (χ0n) is 23.6. The van der Waals surface area contributed by atoms with Gasteiger partial charge in [-0.3, -0.25) is 4.79 Å². The molecule has 0 aromatic heterocycles. The fourth-order valence-electron chi connectivity index (χ4n) is 5.12. The summed E-state index contributed by atoms with van der Waals surface area (Å²) in [5.41, 5.74) is 2.69. The van der Waals surface area contributed by atoms with Gasteiger partial charge in [0, 0.05) is 18.5 Å². The van der Waals surface area contributed by atoms with E-state index in [9.17, 15) is 13.6 Å². The second-order valence-electron chi connectivity index (χ2n) is 9.99. The fourth-order valence-corrected chi connectivity index (χ4v) is 5.12. The van der Waals surface area contributed by atoms with Gasteiger partial charge in [0.1, 0.15) is 23.1 Å². The van der Waals surface area contributed by atoms with Crippen LogP contribution in [-0.4, -0.2) is 66.2 Å². The number of halogens is 2. The Bertz CT molecular complexity index is 1280. The minimum absolute atomic E-state index is 0.0390. The number of carboxylic acids is 2. The van der Waals surface area contributed by atoms with Gasteiger partial charge in [0.15, 0.2) is 5.78 Å². The summed E-state index contributed by atoms with van der Waals surface area (Å²) in [4.78, 5) is 32.3. The largest absolute Gasteiger partial charge is 0.496 e. The summed E-state index contributed by atoms with van der Waals surface area (Å²) in [6.07, 6.45) is 2.93. The molecule has 42 heavy (non-hydrogen) atoms. The molecule has 0 saturated carbocycles. The van der Waals surface area contributed by atoms with Gasteiger partial charge >= 0.3 is 11.9 Å². The van der Waals surface area contributed by atoms with Crippen LogP contribution in [0.25, 0.3) is 0 Å². The molecule has 0 amide bonds. The highest BCUT2D eigenvalue weighted by atomic mass is 19.1. The predicted octanol–water partition coefficient (Wildman–Crippen LogP) is 5.64. The first-order valence-electron chi connectivity index (χ1n) is 13.6. The Morgan fingerprint density at radius 2 is 1.40 bits per heavy atom. The molecule has 3 aromatic rings. The molecule has 1 fully saturated rings. The van der Waals surface area contributed by atoms with Crippen molar-refractivity contribution in [2.45, 2.75) is 32.1 Å². The number of carbonyl (C=O) groups is 3. The highest BCUT2D eigenvalue weighted by Gasteiger charge is 2.29. The van der Waals surface area contributed by atoms with Crippen LogP contribution in [0.15, 0.2) is 66.7 Å². The second kappa shape index (κ2) is 15.6. The Hall–Kier alpha value is -4.31. The van der Waals surface area contributed by atoms with E-state index in [2.05, 4.69) is 4.90 Å². The maximum absolute atomic E-state index is 13.6. The Kier molecular flexibility index (Phi) is 12.0. The molecule has 0 atom stereocenters. The fraction of sp³-hybridized carbons (Fsp3) is 0.344. The number of carboxylic acid groups (broad SMARTS) is 2. The van der Waals surface area contributed by atoms with Gasteiger partial charge in [0.25, 0.3) is 0 Å². The van der Waals surface area contributed by atoms with Gasteiger partial charge in [-0.25, -0.2) is 18.4 Å². The second-order valence-corrected chi connectivity index (χ2v) is 9.99. The van der Waals surface area contributed by atoms with Crippen LogP contribution < -0.4 is 9.47 Å². The van der Waals surface area contributed by atoms with Crippen molar-refractivity contribution < 1.29 is 42.9 Å². The van der Waals surface area contributed by atoms with Crippen LogP contribution in [-0.2, 0) is 9.59 Å². The van der Waals surface area contributed by atoms with E-state index in [1.54, 1.807) is 25.3 Å². The molecule has 0 unspecified atom stereocenters. The number of ketones is 1. The standard InChI is InChI=1S/C30H33F2NO3.C2H2O4/c1-21(34)28-13-12-27(20-29(28)35-2)36-19-3-16-33-17-14-24(15-18-33)30(22-4-8-25(31)9-5-22)23-6-10-26(32)11-7-23;3-1(4)2(5)6/h4-13,20,24,30H,3,14-19H2,1-2H3;(H,3,4)(H,5,6). The molecule has 8 nitrogen and oxygen atoms in total. The number of piperidine rings is 1. The summed E-state index contributed by atoms with van der Waals surface area (Å²) >= 11 is 0. The first-order valence-corrected chi connectivity index (χ1v) is 13.6. The third kappa shape index (κ3) is 9.37. The van der Waals surface area contributed by atoms with Crippen molar-refractivity contribution in [3.05, 3.63) is 95.1 Å². The molecule has 224 valence electrons. The SMILES string of the molecule is COc1cc(OCCCN2CCC(C(c3ccc(F)cc3)c3ccc(F)cc3)CC2)ccc1C(C)=O.O=C(O)C(=O)O. The van der Waals surface area contributed by atoms with Gasteiger partial charge in [-0.1, -0.05) is 24.3 Å². The molecule has 3 aromatic carbocycles. The molecule has 1 saturated heterocycles. The van der Waals surface area contributed by atoms with E-state index >= 15 is 0 Å². The first-order chi connectivity index (χ1) is 20.1. The molecule has 1 aliphatic heterocycles. The molecule has 1 heterocycles. The summed E-state index contributed by atoms with van der Waals surface area (Å²) < 4.78 is 38.3. The van der Waals surface area contributed by atoms with Gasteiger partial charge in [-0.05, 0) is 92.7 Å². The number of hydrogen-bond acceptors (Lipinski definition) is 6. The lowest BCUT2D eigenvalue weighted by Crippen LogP contribution is -2.36. The Balaban J connectivity index is 0.000000730. The lowest BCUT2D eigenvalue weighted by Gasteiger charge is -2.36. The summed E-state index contributed by atoms with van der Waals surface area (Å²) in [5.74, 6) is -2.45. The molecule has 0 radical (unpaired) electrons. The third-order valence-corrected chi connectivity index (χ3v) is 7.18. The van der Waals surface area contributed by atoms with Crippen molar-refractivity contribution in [1.82, 2.24) is 4.90 Å². The van der Waals surface area contributed by atoms with Crippen molar-refractivity contribution in [3.63, 3.8) is 0 Å². The summed E-state index contributed by atoms with van der Waals surface area (Å²) in [7, 11) is 1.55. The number of likely N-dealkylation sites (tertiary alicyclic amines) is 1. The molecular formula is C32H35F2NO7. The van der Waals surface area contributed by atoms with Crippen LogP contribution in [0, 0.1) is 17.6 Å². The van der Waals surface area contributed by atoms with Crippen LogP contribution >= 0.6 is 0 Å². The lowest BCUT2D eigenvalue weighted by molar-refractivity contribution is -0.159. The van der Waals surface area contributed by atoms with Crippen molar-refractivity contribution >= 4 is 17.7 Å². The van der Waals surface area contributed by atoms with Crippen LogP contribution in [0.3, 0.4) is 0 Å². The number of Topliss-reactive ketones (excluding diaryl/α,β-unsaturated/α-hetero) is 1. The molecule has 0 bridgehead atoms. The van der Waals surface area contributed by atoms with Crippen molar-refractivity contribution in [3.8, 4) is 11.5 Å². The minimum atomic E-state index is -1.82. The number of benzene rings is 3. The third-order valence-electron chi connectivity index (χ3n) is 7.18. The molecule has 0 spiro atoms. The average molecular weight is 584 g/mol. The molecule has 10 heteroatoms. The average Bonchev–Trinajstić information content (AvgIpc) is 2.98. The highest BCUT2D eigenvalue weighted by Crippen LogP contribution is 2.38. The number of methoxy groups -OCH3 is 1. The van der Waals surface area contributed by atoms with Gasteiger partial charge in [-0.15, -0.1) is 0 Å². The number of rotatable bonds is 10. The van der Waals surface area contributed by atoms with E-state index in [1.165, 1.54) is 31.2 Å². The predicted molar refractivity (Wildman–Crippen MR) is 152 cm³/mol. The Morgan fingerprint density at radius 1 is 0.881 bits per heavy atom. The van der Waals surface area contributed by atoms with Crippen molar-refractivity contribution in [2.75, 3.05) is 33.4 Å². The van der Waals surface area contributed by atoms with Crippen molar-refractivity contribution in [2.24, 2.45) is 5.92 Å². The number of ether oxygens (including phenoxy) is 2. The number of hydrogen-bond donors (Lipinski definition) is 2. The number of carbonyl (C=O) groups excluding carboxylic acids is 1. The topological polar surface area (TPSA) is 113 Å². The van der Waals surface area contributed by atoms with E-state index in [0.29, 0.717) is 29.6 Å². The van der Waals surface area contributed by atoms with E-state index < -0.39 is 11.9 Å². The monoisotopic (exact) mass is 583 g/mol. The van der Waals surface area contributed by atoms with Gasteiger partial charge in [0.2, 0.25) is 0 Å².